The number of rotatable bonds is 2. The zero-order valence-corrected chi connectivity index (χ0v) is 15.1. The molecule has 2 aromatic carbocycles. The van der Waals surface area contributed by atoms with Crippen LogP contribution in [-0.4, -0.2) is 16.3 Å². The second-order valence-electron chi connectivity index (χ2n) is 5.34. The first-order chi connectivity index (χ1) is 11.1. The van der Waals surface area contributed by atoms with E-state index in [0.29, 0.717) is 10.0 Å². The van der Waals surface area contributed by atoms with E-state index >= 15 is 0 Å². The van der Waals surface area contributed by atoms with Crippen molar-refractivity contribution in [3.63, 3.8) is 0 Å². The topological polar surface area (TPSA) is 29.9 Å². The first-order valence-electron chi connectivity index (χ1n) is 7.21. The van der Waals surface area contributed by atoms with Crippen molar-refractivity contribution in [2.75, 3.05) is 11.9 Å². The van der Waals surface area contributed by atoms with E-state index < -0.39 is 0 Å². The molecule has 0 radical (unpaired) electrons. The van der Waals surface area contributed by atoms with Gasteiger partial charge in [-0.05, 0) is 52.7 Å². The van der Waals surface area contributed by atoms with Crippen LogP contribution in [-0.2, 0) is 6.42 Å². The Labute approximate surface area is 152 Å². The summed E-state index contributed by atoms with van der Waals surface area (Å²) in [6.07, 6.45) is 0.915. The van der Waals surface area contributed by atoms with Gasteiger partial charge in [-0.2, -0.15) is 5.10 Å². The maximum atomic E-state index is 6.38. The lowest BCUT2D eigenvalue weighted by Gasteiger charge is -2.08. The molecule has 0 bridgehead atoms. The summed E-state index contributed by atoms with van der Waals surface area (Å²) in [6.45, 7) is 0.892. The van der Waals surface area contributed by atoms with Crippen LogP contribution in [0.5, 0.6) is 0 Å². The monoisotopic (exact) mass is 407 g/mol. The van der Waals surface area contributed by atoms with Crippen molar-refractivity contribution in [3.8, 4) is 16.9 Å². The third-order valence-corrected chi connectivity index (χ3v) is 5.15. The van der Waals surface area contributed by atoms with Crippen molar-refractivity contribution in [1.29, 1.82) is 0 Å². The SMILES string of the molecule is Clc1ccc(Cl)c(-c2nn(-c3ccccc3Br)c3c2CCN3)c1. The van der Waals surface area contributed by atoms with E-state index in [1.807, 2.05) is 41.1 Å². The fourth-order valence-electron chi connectivity index (χ4n) is 2.87. The Morgan fingerprint density at radius 1 is 1.13 bits per heavy atom. The largest absolute Gasteiger partial charge is 0.369 e. The smallest absolute Gasteiger partial charge is 0.133 e. The summed E-state index contributed by atoms with van der Waals surface area (Å²) in [4.78, 5) is 0. The predicted octanol–water partition coefficient (Wildman–Crippen LogP) is 5.58. The molecule has 0 spiro atoms. The summed E-state index contributed by atoms with van der Waals surface area (Å²) in [5.74, 6) is 1.02. The number of aromatic nitrogens is 2. The van der Waals surface area contributed by atoms with Crippen LogP contribution < -0.4 is 5.32 Å². The molecule has 116 valence electrons. The fourth-order valence-corrected chi connectivity index (χ4v) is 3.70. The van der Waals surface area contributed by atoms with Gasteiger partial charge in [-0.25, -0.2) is 4.68 Å². The lowest BCUT2D eigenvalue weighted by atomic mass is 10.1. The van der Waals surface area contributed by atoms with E-state index in [0.717, 1.165) is 40.2 Å². The summed E-state index contributed by atoms with van der Waals surface area (Å²) < 4.78 is 2.92. The second kappa shape index (κ2) is 5.86. The van der Waals surface area contributed by atoms with Gasteiger partial charge in [0.05, 0.1) is 16.4 Å². The van der Waals surface area contributed by atoms with Crippen LogP contribution in [0.2, 0.25) is 10.0 Å². The van der Waals surface area contributed by atoms with Crippen molar-refractivity contribution >= 4 is 44.9 Å². The number of nitrogens with one attached hydrogen (secondary N) is 1. The predicted molar refractivity (Wildman–Crippen MR) is 98.9 cm³/mol. The summed E-state index contributed by atoms with van der Waals surface area (Å²) >= 11 is 16.1. The van der Waals surface area contributed by atoms with Crippen molar-refractivity contribution in [1.82, 2.24) is 9.78 Å². The maximum Gasteiger partial charge on any atom is 0.133 e. The summed E-state index contributed by atoms with van der Waals surface area (Å²) in [6, 6.07) is 13.5. The highest BCUT2D eigenvalue weighted by Gasteiger charge is 2.25. The number of benzene rings is 2. The molecular formula is C17H12BrCl2N3. The van der Waals surface area contributed by atoms with E-state index in [2.05, 4.69) is 21.2 Å². The Bertz CT molecular complexity index is 905. The highest BCUT2D eigenvalue weighted by atomic mass is 79.9. The van der Waals surface area contributed by atoms with Crippen LogP contribution in [0, 0.1) is 0 Å². The van der Waals surface area contributed by atoms with Crippen LogP contribution in [0.3, 0.4) is 0 Å². The number of anilines is 1. The van der Waals surface area contributed by atoms with E-state index in [1.54, 1.807) is 6.07 Å². The lowest BCUT2D eigenvalue weighted by molar-refractivity contribution is 0.878. The van der Waals surface area contributed by atoms with Crippen LogP contribution in [0.15, 0.2) is 46.9 Å². The Morgan fingerprint density at radius 2 is 1.96 bits per heavy atom. The molecule has 3 nitrogen and oxygen atoms in total. The molecule has 1 aliphatic rings. The molecular weight excluding hydrogens is 397 g/mol. The Balaban J connectivity index is 1.96. The highest BCUT2D eigenvalue weighted by molar-refractivity contribution is 9.10. The Kier molecular flexibility index (Phi) is 3.84. The van der Waals surface area contributed by atoms with Crippen LogP contribution >= 0.6 is 39.1 Å². The number of hydrogen-bond acceptors (Lipinski definition) is 2. The molecule has 0 unspecified atom stereocenters. The van der Waals surface area contributed by atoms with Gasteiger partial charge in [0, 0.05) is 27.2 Å². The number of halogens is 3. The molecule has 1 N–H and O–H groups in total. The van der Waals surface area contributed by atoms with Crippen molar-refractivity contribution < 1.29 is 0 Å². The highest BCUT2D eigenvalue weighted by Crippen LogP contribution is 2.39. The van der Waals surface area contributed by atoms with Gasteiger partial charge in [0.2, 0.25) is 0 Å². The summed E-state index contributed by atoms with van der Waals surface area (Å²) in [5, 5.41) is 9.54. The fraction of sp³-hybridized carbons (Fsp3) is 0.118. The lowest BCUT2D eigenvalue weighted by Crippen LogP contribution is -2.04. The van der Waals surface area contributed by atoms with Gasteiger partial charge in [0.25, 0.3) is 0 Å². The number of hydrogen-bond donors (Lipinski definition) is 1. The van der Waals surface area contributed by atoms with Gasteiger partial charge < -0.3 is 5.32 Å². The molecule has 23 heavy (non-hydrogen) atoms. The number of nitrogens with zero attached hydrogens (tertiary/aromatic N) is 2. The van der Waals surface area contributed by atoms with Crippen LogP contribution in [0.1, 0.15) is 5.56 Å². The quantitative estimate of drug-likeness (QED) is 0.600. The third kappa shape index (κ3) is 2.55. The molecule has 0 fully saturated rings. The van der Waals surface area contributed by atoms with Crippen molar-refractivity contribution in [3.05, 3.63) is 62.5 Å². The molecule has 0 atom stereocenters. The average molecular weight is 409 g/mol. The molecule has 2 heterocycles. The molecule has 0 saturated heterocycles. The second-order valence-corrected chi connectivity index (χ2v) is 7.04. The molecule has 6 heteroatoms. The minimum Gasteiger partial charge on any atom is -0.369 e. The minimum atomic E-state index is 0.652. The summed E-state index contributed by atoms with van der Waals surface area (Å²) in [5.41, 5.74) is 3.91. The normalized spacial score (nSPS) is 13.0. The molecule has 1 aromatic heterocycles. The molecule has 0 saturated carbocycles. The summed E-state index contributed by atoms with van der Waals surface area (Å²) in [7, 11) is 0. The zero-order valence-electron chi connectivity index (χ0n) is 12.0. The molecule has 0 amide bonds. The first kappa shape index (κ1) is 15.1. The number of para-hydroxylation sites is 1. The first-order valence-corrected chi connectivity index (χ1v) is 8.76. The van der Waals surface area contributed by atoms with Gasteiger partial charge in [-0.1, -0.05) is 35.3 Å². The van der Waals surface area contributed by atoms with Gasteiger partial charge in [0.1, 0.15) is 5.82 Å². The van der Waals surface area contributed by atoms with E-state index in [4.69, 9.17) is 28.3 Å². The van der Waals surface area contributed by atoms with Crippen LogP contribution in [0.25, 0.3) is 16.9 Å². The standard InChI is InChI=1S/C17H12BrCl2N3/c18-13-3-1-2-4-15(13)23-17-11(7-8-21-17)16(22-23)12-9-10(19)5-6-14(12)20/h1-6,9,21H,7-8H2. The minimum absolute atomic E-state index is 0.652. The van der Waals surface area contributed by atoms with Gasteiger partial charge in [-0.15, -0.1) is 0 Å². The van der Waals surface area contributed by atoms with Crippen molar-refractivity contribution in [2.45, 2.75) is 6.42 Å². The van der Waals surface area contributed by atoms with E-state index in [1.165, 1.54) is 5.56 Å². The van der Waals surface area contributed by atoms with Crippen molar-refractivity contribution in [2.24, 2.45) is 0 Å². The molecule has 1 aliphatic heterocycles. The molecule has 3 aromatic rings. The average Bonchev–Trinajstić information content (AvgIpc) is 3.13. The third-order valence-electron chi connectivity index (χ3n) is 3.92. The van der Waals surface area contributed by atoms with Gasteiger partial charge in [-0.3, -0.25) is 0 Å². The van der Waals surface area contributed by atoms with E-state index in [-0.39, 0.29) is 0 Å². The van der Waals surface area contributed by atoms with Crippen LogP contribution in [0.4, 0.5) is 5.82 Å². The molecule has 0 aliphatic carbocycles. The van der Waals surface area contributed by atoms with Gasteiger partial charge in [0.15, 0.2) is 0 Å². The maximum absolute atomic E-state index is 6.38. The number of fused-ring (bicyclic) bond motifs is 1. The molecule has 4 rings (SSSR count). The van der Waals surface area contributed by atoms with E-state index in [9.17, 15) is 0 Å². The van der Waals surface area contributed by atoms with Gasteiger partial charge >= 0.3 is 0 Å². The zero-order chi connectivity index (χ0) is 16.0. The Hall–Kier alpha value is -1.49. The Morgan fingerprint density at radius 3 is 2.78 bits per heavy atom.